The van der Waals surface area contributed by atoms with Crippen molar-refractivity contribution in [3.63, 3.8) is 0 Å². The van der Waals surface area contributed by atoms with Crippen LogP contribution in [0.2, 0.25) is 5.02 Å². The number of nitrogens with one attached hydrogen (secondary N) is 1. The lowest BCUT2D eigenvalue weighted by Gasteiger charge is -2.11. The van der Waals surface area contributed by atoms with Gasteiger partial charge in [0.15, 0.2) is 11.5 Å². The second-order valence-electron chi connectivity index (χ2n) is 4.85. The molecule has 0 bridgehead atoms. The number of aromatic amines is 1. The maximum atomic E-state index is 14.5. The van der Waals surface area contributed by atoms with Gasteiger partial charge in [-0.25, -0.2) is 14.2 Å². The van der Waals surface area contributed by atoms with Crippen LogP contribution in [0.15, 0.2) is 30.5 Å². The Morgan fingerprint density at radius 3 is 2.96 bits per heavy atom. The summed E-state index contributed by atoms with van der Waals surface area (Å²) in [6.45, 7) is 1.80. The van der Waals surface area contributed by atoms with Gasteiger partial charge in [0.25, 0.3) is 0 Å². The van der Waals surface area contributed by atoms with Crippen LogP contribution in [0.4, 0.5) is 10.1 Å². The molecule has 118 valence electrons. The lowest BCUT2D eigenvalue weighted by molar-refractivity contribution is 0.0520. The molecule has 0 saturated carbocycles. The average Bonchev–Trinajstić information content (AvgIpc) is 3.00. The predicted molar refractivity (Wildman–Crippen MR) is 86.9 cm³/mol. The smallest absolute Gasteiger partial charge is 0.358 e. The molecular weight excluding hydrogens is 321 g/mol. The van der Waals surface area contributed by atoms with Crippen LogP contribution in [-0.4, -0.2) is 22.5 Å². The number of nitrogens with two attached hydrogens (primary N) is 1. The number of halogens is 2. The van der Waals surface area contributed by atoms with E-state index in [-0.39, 0.29) is 28.7 Å². The van der Waals surface area contributed by atoms with Crippen LogP contribution in [0, 0.1) is 5.82 Å². The Hall–Kier alpha value is -2.60. The van der Waals surface area contributed by atoms with Gasteiger partial charge in [-0.1, -0.05) is 23.7 Å². The largest absolute Gasteiger partial charge is 0.461 e. The molecule has 23 heavy (non-hydrogen) atoms. The van der Waals surface area contributed by atoms with Gasteiger partial charge in [0.1, 0.15) is 5.69 Å². The molecule has 3 N–H and O–H groups in total. The minimum atomic E-state index is -0.769. The number of aromatic nitrogens is 2. The van der Waals surface area contributed by atoms with E-state index in [1.807, 2.05) is 12.1 Å². The zero-order valence-electron chi connectivity index (χ0n) is 12.2. The van der Waals surface area contributed by atoms with Crippen LogP contribution in [0.1, 0.15) is 17.4 Å². The van der Waals surface area contributed by atoms with E-state index in [0.29, 0.717) is 5.56 Å². The van der Waals surface area contributed by atoms with Gasteiger partial charge in [-0.05, 0) is 24.4 Å². The van der Waals surface area contributed by atoms with Gasteiger partial charge < -0.3 is 15.5 Å². The van der Waals surface area contributed by atoms with Crippen molar-refractivity contribution in [2.45, 2.75) is 6.92 Å². The highest BCUT2D eigenvalue weighted by atomic mass is 35.5. The number of pyridine rings is 1. The third-order valence-corrected chi connectivity index (χ3v) is 3.79. The van der Waals surface area contributed by atoms with Crippen molar-refractivity contribution in [2.24, 2.45) is 0 Å². The number of anilines is 1. The second kappa shape index (κ2) is 5.89. The first-order valence-corrected chi connectivity index (χ1v) is 7.29. The molecule has 5 nitrogen and oxygen atoms in total. The molecule has 0 radical (unpaired) electrons. The fourth-order valence-electron chi connectivity index (χ4n) is 2.28. The van der Waals surface area contributed by atoms with E-state index in [1.54, 1.807) is 25.3 Å². The Morgan fingerprint density at radius 2 is 2.22 bits per heavy atom. The highest BCUT2D eigenvalue weighted by molar-refractivity contribution is 6.35. The van der Waals surface area contributed by atoms with E-state index in [2.05, 4.69) is 9.97 Å². The number of nitrogen functional groups attached to an aromatic ring is 1. The molecule has 0 atom stereocenters. The Morgan fingerprint density at radius 1 is 1.43 bits per heavy atom. The van der Waals surface area contributed by atoms with Crippen molar-refractivity contribution in [2.75, 3.05) is 12.3 Å². The fourth-order valence-corrected chi connectivity index (χ4v) is 2.48. The van der Waals surface area contributed by atoms with Crippen molar-refractivity contribution < 1.29 is 13.9 Å². The van der Waals surface area contributed by atoms with Crippen molar-refractivity contribution >= 4 is 34.2 Å². The Balaban J connectivity index is 2.19. The van der Waals surface area contributed by atoms with Crippen LogP contribution in [0.5, 0.6) is 0 Å². The van der Waals surface area contributed by atoms with E-state index >= 15 is 0 Å². The molecule has 7 heteroatoms. The van der Waals surface area contributed by atoms with Gasteiger partial charge in [0, 0.05) is 17.3 Å². The fraction of sp³-hybridized carbons (Fsp3) is 0.125. The first-order chi connectivity index (χ1) is 11.0. The van der Waals surface area contributed by atoms with Crippen LogP contribution >= 0.6 is 11.6 Å². The molecule has 0 aliphatic carbocycles. The Bertz CT molecular complexity index is 908. The number of carbonyl (C=O) groups is 1. The van der Waals surface area contributed by atoms with Crippen molar-refractivity contribution in [3.05, 3.63) is 47.0 Å². The van der Waals surface area contributed by atoms with Gasteiger partial charge in [-0.3, -0.25) is 0 Å². The Kier molecular flexibility index (Phi) is 3.92. The zero-order chi connectivity index (χ0) is 16.6. The molecule has 3 rings (SSSR count). The van der Waals surface area contributed by atoms with Gasteiger partial charge in [0.2, 0.25) is 0 Å². The molecule has 2 aromatic heterocycles. The first kappa shape index (κ1) is 15.3. The van der Waals surface area contributed by atoms with E-state index in [4.69, 9.17) is 22.1 Å². The SMILES string of the molecule is CCOC(=O)c1nc(-c2ccc3cc[nH]c3c2)c(F)c(N)c1Cl. The maximum Gasteiger partial charge on any atom is 0.358 e. The molecule has 0 spiro atoms. The van der Waals surface area contributed by atoms with Gasteiger partial charge in [-0.2, -0.15) is 0 Å². The second-order valence-corrected chi connectivity index (χ2v) is 5.23. The molecular formula is C16H13ClFN3O2. The molecule has 0 aliphatic heterocycles. The number of hydrogen-bond acceptors (Lipinski definition) is 4. The summed E-state index contributed by atoms with van der Waals surface area (Å²) in [5, 5.41) is 0.729. The van der Waals surface area contributed by atoms with E-state index in [0.717, 1.165) is 10.9 Å². The lowest BCUT2D eigenvalue weighted by atomic mass is 10.1. The van der Waals surface area contributed by atoms with E-state index in [1.165, 1.54) is 0 Å². The molecule has 3 aromatic rings. The summed E-state index contributed by atoms with van der Waals surface area (Å²) in [4.78, 5) is 19.0. The number of carbonyl (C=O) groups excluding carboxylic acids is 1. The van der Waals surface area contributed by atoms with E-state index < -0.39 is 11.8 Å². The van der Waals surface area contributed by atoms with Crippen LogP contribution in [-0.2, 0) is 4.74 Å². The maximum absolute atomic E-state index is 14.5. The molecule has 1 aromatic carbocycles. The van der Waals surface area contributed by atoms with Gasteiger partial charge in [0.05, 0.1) is 17.3 Å². The van der Waals surface area contributed by atoms with Crippen molar-refractivity contribution in [1.29, 1.82) is 0 Å². The standard InChI is InChI=1S/C16H13ClFN3O2/c1-2-23-16(22)15-11(17)13(19)12(18)14(21-15)9-4-3-8-5-6-20-10(8)7-9/h3-7,20H,2H2,1H3,(H2,19,21). The summed E-state index contributed by atoms with van der Waals surface area (Å²) in [5.74, 6) is -1.51. The normalized spacial score (nSPS) is 10.9. The highest BCUT2D eigenvalue weighted by Gasteiger charge is 2.23. The van der Waals surface area contributed by atoms with Crippen LogP contribution in [0.3, 0.4) is 0 Å². The summed E-state index contributed by atoms with van der Waals surface area (Å²) in [6, 6.07) is 7.13. The molecule has 0 fully saturated rings. The molecule has 0 unspecified atom stereocenters. The highest BCUT2D eigenvalue weighted by Crippen LogP contribution is 2.33. The van der Waals surface area contributed by atoms with Crippen LogP contribution in [0.25, 0.3) is 22.2 Å². The van der Waals surface area contributed by atoms with Crippen LogP contribution < -0.4 is 5.73 Å². The first-order valence-electron chi connectivity index (χ1n) is 6.92. The number of ether oxygens (including phenoxy) is 1. The van der Waals surface area contributed by atoms with Crippen molar-refractivity contribution in [1.82, 2.24) is 9.97 Å². The Labute approximate surface area is 136 Å². The predicted octanol–water partition coefficient (Wildman–Crippen LogP) is 3.78. The topological polar surface area (TPSA) is 81.0 Å². The van der Waals surface area contributed by atoms with E-state index in [9.17, 15) is 9.18 Å². The molecule has 2 heterocycles. The number of nitrogens with zero attached hydrogens (tertiary/aromatic N) is 1. The minimum absolute atomic E-state index is 0.0496. The number of hydrogen-bond donors (Lipinski definition) is 2. The summed E-state index contributed by atoms with van der Waals surface area (Å²) >= 11 is 5.93. The monoisotopic (exact) mass is 333 g/mol. The molecule has 0 saturated heterocycles. The average molecular weight is 334 g/mol. The van der Waals surface area contributed by atoms with Gasteiger partial charge >= 0.3 is 5.97 Å². The third-order valence-electron chi connectivity index (χ3n) is 3.41. The molecule has 0 amide bonds. The number of benzene rings is 1. The number of rotatable bonds is 3. The summed E-state index contributed by atoms with van der Waals surface area (Å²) in [6.07, 6.45) is 1.78. The third kappa shape index (κ3) is 2.61. The van der Waals surface area contributed by atoms with Crippen molar-refractivity contribution in [3.8, 4) is 11.3 Å². The summed E-state index contributed by atoms with van der Waals surface area (Å²) < 4.78 is 19.4. The summed E-state index contributed by atoms with van der Waals surface area (Å²) in [5.41, 5.74) is 6.40. The minimum Gasteiger partial charge on any atom is -0.461 e. The zero-order valence-corrected chi connectivity index (χ0v) is 12.9. The number of H-pyrrole nitrogens is 1. The summed E-state index contributed by atoms with van der Waals surface area (Å²) in [7, 11) is 0. The van der Waals surface area contributed by atoms with Gasteiger partial charge in [-0.15, -0.1) is 0 Å². The lowest BCUT2D eigenvalue weighted by Crippen LogP contribution is -2.12. The number of esters is 1. The quantitative estimate of drug-likeness (QED) is 0.715. The number of fused-ring (bicyclic) bond motifs is 1. The molecule has 0 aliphatic rings.